The number of H-pyrrole nitrogens is 1. The van der Waals surface area contributed by atoms with E-state index in [1.54, 1.807) is 0 Å². The van der Waals surface area contributed by atoms with Gasteiger partial charge in [0.2, 0.25) is 0 Å². The maximum atomic E-state index is 12.0. The lowest BCUT2D eigenvalue weighted by Gasteiger charge is -1.98. The van der Waals surface area contributed by atoms with Crippen molar-refractivity contribution in [2.24, 2.45) is 5.73 Å². The number of nitrogens with one attached hydrogen (secondary N) is 2. The number of alkyl halides is 3. The van der Waals surface area contributed by atoms with Gasteiger partial charge < -0.3 is 5.73 Å². The second-order valence-electron chi connectivity index (χ2n) is 2.48. The highest BCUT2D eigenvalue weighted by atomic mass is 19.4. The Labute approximate surface area is 71.4 Å². The van der Waals surface area contributed by atoms with E-state index in [2.05, 4.69) is 10.2 Å². The van der Waals surface area contributed by atoms with Crippen molar-refractivity contribution >= 4 is 5.84 Å². The Balaban J connectivity index is 2.81. The Morgan fingerprint density at radius 1 is 1.62 bits per heavy atom. The third kappa shape index (κ3) is 2.46. The van der Waals surface area contributed by atoms with Crippen LogP contribution in [-0.2, 0) is 12.6 Å². The molecule has 1 aromatic rings. The van der Waals surface area contributed by atoms with Gasteiger partial charge >= 0.3 is 6.18 Å². The average Bonchev–Trinajstić information content (AvgIpc) is 2.32. The van der Waals surface area contributed by atoms with Crippen LogP contribution in [0.2, 0.25) is 0 Å². The number of rotatable bonds is 2. The minimum atomic E-state index is -4.45. The minimum Gasteiger partial charge on any atom is -0.387 e. The molecule has 0 atom stereocenters. The third-order valence-corrected chi connectivity index (χ3v) is 1.30. The predicted octanol–water partition coefficient (Wildman–Crippen LogP) is 0.907. The highest BCUT2D eigenvalue weighted by Gasteiger charge is 2.33. The van der Waals surface area contributed by atoms with Crippen molar-refractivity contribution in [3.63, 3.8) is 0 Å². The number of hydrogen-bond acceptors (Lipinski definition) is 2. The Kier molecular flexibility index (Phi) is 2.26. The van der Waals surface area contributed by atoms with Crippen molar-refractivity contribution in [3.8, 4) is 0 Å². The molecule has 0 radical (unpaired) electrons. The smallest absolute Gasteiger partial charge is 0.387 e. The normalized spacial score (nSPS) is 11.6. The summed E-state index contributed by atoms with van der Waals surface area (Å²) in [4.78, 5) is 0. The number of amidine groups is 1. The molecule has 0 saturated carbocycles. The lowest BCUT2D eigenvalue weighted by atomic mass is 10.2. The summed E-state index contributed by atoms with van der Waals surface area (Å²) >= 11 is 0. The van der Waals surface area contributed by atoms with Gasteiger partial charge in [0.15, 0.2) is 5.69 Å². The van der Waals surface area contributed by atoms with Gasteiger partial charge in [-0.1, -0.05) is 0 Å². The van der Waals surface area contributed by atoms with Crippen molar-refractivity contribution in [2.45, 2.75) is 12.6 Å². The molecule has 13 heavy (non-hydrogen) atoms. The van der Waals surface area contributed by atoms with E-state index in [1.807, 2.05) is 0 Å². The van der Waals surface area contributed by atoms with Gasteiger partial charge in [0, 0.05) is 12.1 Å². The van der Waals surface area contributed by atoms with Crippen molar-refractivity contribution < 1.29 is 13.2 Å². The quantitative estimate of drug-likeness (QED) is 0.481. The third-order valence-electron chi connectivity index (χ3n) is 1.30. The molecule has 0 bridgehead atoms. The first-order valence-corrected chi connectivity index (χ1v) is 3.34. The summed E-state index contributed by atoms with van der Waals surface area (Å²) in [7, 11) is 0. The van der Waals surface area contributed by atoms with Crippen LogP contribution in [0.1, 0.15) is 11.4 Å². The van der Waals surface area contributed by atoms with Crippen LogP contribution >= 0.6 is 0 Å². The molecule has 4 nitrogen and oxygen atoms in total. The van der Waals surface area contributed by atoms with Crippen LogP contribution in [0, 0.1) is 5.41 Å². The van der Waals surface area contributed by atoms with E-state index in [4.69, 9.17) is 11.1 Å². The summed E-state index contributed by atoms with van der Waals surface area (Å²) in [5.74, 6) is -0.211. The van der Waals surface area contributed by atoms with E-state index < -0.39 is 11.9 Å². The molecule has 4 N–H and O–H groups in total. The Hall–Kier alpha value is -1.53. The molecule has 0 amide bonds. The zero-order valence-corrected chi connectivity index (χ0v) is 6.44. The predicted molar refractivity (Wildman–Crippen MR) is 39.2 cm³/mol. The van der Waals surface area contributed by atoms with E-state index in [-0.39, 0.29) is 18.0 Å². The number of aromatic nitrogens is 2. The summed E-state index contributed by atoms with van der Waals surface area (Å²) in [5, 5.41) is 12.0. The minimum absolute atomic E-state index is 0.0525. The summed E-state index contributed by atoms with van der Waals surface area (Å²) in [6.07, 6.45) is -4.51. The van der Waals surface area contributed by atoms with Crippen molar-refractivity contribution in [3.05, 3.63) is 17.5 Å². The Bertz CT molecular complexity index is 314. The van der Waals surface area contributed by atoms with Crippen molar-refractivity contribution in [2.75, 3.05) is 0 Å². The van der Waals surface area contributed by atoms with E-state index in [0.29, 0.717) is 0 Å². The fourth-order valence-electron chi connectivity index (χ4n) is 0.803. The second-order valence-corrected chi connectivity index (χ2v) is 2.48. The molecule has 72 valence electrons. The van der Waals surface area contributed by atoms with Gasteiger partial charge in [0.1, 0.15) is 0 Å². The van der Waals surface area contributed by atoms with Gasteiger partial charge in [0.05, 0.1) is 5.84 Å². The molecular formula is C6H7F3N4. The van der Waals surface area contributed by atoms with Gasteiger partial charge in [0.25, 0.3) is 0 Å². The molecule has 7 heteroatoms. The lowest BCUT2D eigenvalue weighted by molar-refractivity contribution is -0.141. The monoisotopic (exact) mass is 192 g/mol. The summed E-state index contributed by atoms with van der Waals surface area (Å²) < 4.78 is 35.9. The Morgan fingerprint density at radius 2 is 2.23 bits per heavy atom. The number of aromatic amines is 1. The highest BCUT2D eigenvalue weighted by Crippen LogP contribution is 2.27. The van der Waals surface area contributed by atoms with Crippen molar-refractivity contribution in [1.29, 1.82) is 5.41 Å². The zero-order valence-electron chi connectivity index (χ0n) is 6.44. The fourth-order valence-corrected chi connectivity index (χ4v) is 0.803. The van der Waals surface area contributed by atoms with Crippen LogP contribution in [-0.4, -0.2) is 16.0 Å². The number of nitrogens with zero attached hydrogens (tertiary/aromatic N) is 1. The molecule has 0 fully saturated rings. The first kappa shape index (κ1) is 9.56. The summed E-state index contributed by atoms with van der Waals surface area (Å²) in [6.45, 7) is 0. The molecule has 0 aliphatic carbocycles. The maximum absolute atomic E-state index is 12.0. The highest BCUT2D eigenvalue weighted by molar-refractivity contribution is 5.78. The van der Waals surface area contributed by atoms with Crippen LogP contribution in [0.4, 0.5) is 13.2 Å². The van der Waals surface area contributed by atoms with E-state index in [1.165, 1.54) is 0 Å². The number of hydrogen-bond donors (Lipinski definition) is 3. The fraction of sp³-hybridized carbons (Fsp3) is 0.333. The Morgan fingerprint density at radius 3 is 2.62 bits per heavy atom. The standard InChI is InChI=1S/C6H7F3N4/c7-6(8,9)4-1-3(12-13-4)2-5(10)11/h1H,2H2,(H3,10,11)(H,12,13). The number of nitrogens with two attached hydrogens (primary N) is 1. The molecule has 0 saturated heterocycles. The topological polar surface area (TPSA) is 78.6 Å². The van der Waals surface area contributed by atoms with Crippen LogP contribution in [0.15, 0.2) is 6.07 Å². The van der Waals surface area contributed by atoms with Gasteiger partial charge in [-0.15, -0.1) is 0 Å². The van der Waals surface area contributed by atoms with E-state index in [0.717, 1.165) is 6.07 Å². The average molecular weight is 192 g/mol. The molecule has 0 unspecified atom stereocenters. The zero-order chi connectivity index (χ0) is 10.1. The SMILES string of the molecule is N=C(N)Cc1cc(C(F)(F)F)n[nH]1. The molecule has 1 aromatic heterocycles. The van der Waals surface area contributed by atoms with E-state index in [9.17, 15) is 13.2 Å². The molecule has 0 aromatic carbocycles. The van der Waals surface area contributed by atoms with Crippen molar-refractivity contribution in [1.82, 2.24) is 10.2 Å². The van der Waals surface area contributed by atoms with Gasteiger partial charge in [-0.3, -0.25) is 10.5 Å². The second kappa shape index (κ2) is 3.08. The maximum Gasteiger partial charge on any atom is 0.435 e. The van der Waals surface area contributed by atoms with Crippen LogP contribution in [0.3, 0.4) is 0 Å². The van der Waals surface area contributed by atoms with Gasteiger partial charge in [-0.2, -0.15) is 18.3 Å². The van der Waals surface area contributed by atoms with Crippen LogP contribution in [0.5, 0.6) is 0 Å². The molecule has 1 heterocycles. The van der Waals surface area contributed by atoms with E-state index >= 15 is 0 Å². The first-order chi connectivity index (χ1) is 5.89. The molecule has 1 rings (SSSR count). The number of halogens is 3. The summed E-state index contributed by atoms with van der Waals surface area (Å²) in [5.41, 5.74) is 4.18. The first-order valence-electron chi connectivity index (χ1n) is 3.34. The van der Waals surface area contributed by atoms with Gasteiger partial charge in [-0.25, -0.2) is 0 Å². The molecule has 0 spiro atoms. The van der Waals surface area contributed by atoms with Crippen LogP contribution in [0.25, 0.3) is 0 Å². The molecular weight excluding hydrogens is 185 g/mol. The summed E-state index contributed by atoms with van der Waals surface area (Å²) in [6, 6.07) is 0.835. The molecule has 0 aliphatic rings. The largest absolute Gasteiger partial charge is 0.435 e. The van der Waals surface area contributed by atoms with Crippen LogP contribution < -0.4 is 5.73 Å². The van der Waals surface area contributed by atoms with Gasteiger partial charge in [-0.05, 0) is 6.07 Å². The lowest BCUT2D eigenvalue weighted by Crippen LogP contribution is -2.12. The molecule has 0 aliphatic heterocycles.